The first-order valence-corrected chi connectivity index (χ1v) is 6.90. The van der Waals surface area contributed by atoms with E-state index in [0.29, 0.717) is 0 Å². The monoisotopic (exact) mass is 363 g/mol. The summed E-state index contributed by atoms with van der Waals surface area (Å²) in [7, 11) is 0. The van der Waals surface area contributed by atoms with Crippen molar-refractivity contribution in [3.8, 4) is 0 Å². The lowest BCUT2D eigenvalue weighted by atomic mass is 10.1. The molecular weight excluding hydrogens is 354 g/mol. The fraction of sp³-hybridized carbons (Fsp3) is 0.214. The molecule has 2 aromatic heterocycles. The number of aromatic nitrogens is 2. The van der Waals surface area contributed by atoms with Crippen molar-refractivity contribution in [1.82, 2.24) is 15.3 Å². The summed E-state index contributed by atoms with van der Waals surface area (Å²) in [5, 5.41) is 1.91. The van der Waals surface area contributed by atoms with E-state index in [1.54, 1.807) is 0 Å². The summed E-state index contributed by atoms with van der Waals surface area (Å²) in [6.07, 6.45) is -3.86. The van der Waals surface area contributed by atoms with Gasteiger partial charge >= 0.3 is 6.18 Å². The topological polar surface area (TPSA) is 74.8 Å². The van der Waals surface area contributed by atoms with E-state index < -0.39 is 45.9 Å². The van der Waals surface area contributed by atoms with Crippen LogP contribution in [0.15, 0.2) is 29.2 Å². The molecule has 1 unspecified atom stereocenters. The van der Waals surface area contributed by atoms with E-state index in [4.69, 9.17) is 11.6 Å². The highest BCUT2D eigenvalue weighted by atomic mass is 35.5. The van der Waals surface area contributed by atoms with Crippen molar-refractivity contribution in [2.45, 2.75) is 19.1 Å². The van der Waals surface area contributed by atoms with E-state index in [-0.39, 0.29) is 5.56 Å². The lowest BCUT2D eigenvalue weighted by molar-refractivity contribution is -0.141. The predicted molar refractivity (Wildman–Crippen MR) is 77.2 cm³/mol. The summed E-state index contributed by atoms with van der Waals surface area (Å²) in [6.45, 7) is 1.43. The summed E-state index contributed by atoms with van der Waals surface area (Å²) in [5.74, 6) is -1.72. The molecule has 0 aliphatic rings. The zero-order chi connectivity index (χ0) is 18.1. The predicted octanol–water partition coefficient (Wildman–Crippen LogP) is 3.07. The van der Waals surface area contributed by atoms with Crippen LogP contribution in [0.2, 0.25) is 5.15 Å². The molecule has 0 aliphatic carbocycles. The van der Waals surface area contributed by atoms with Gasteiger partial charge in [0.25, 0.3) is 11.5 Å². The van der Waals surface area contributed by atoms with Crippen LogP contribution in [0.3, 0.4) is 0 Å². The molecule has 128 valence electrons. The summed E-state index contributed by atoms with van der Waals surface area (Å²) in [5.41, 5.74) is -2.34. The maximum atomic E-state index is 13.1. The Bertz CT molecular complexity index is 835. The number of nitrogens with one attached hydrogen (secondary N) is 2. The summed E-state index contributed by atoms with van der Waals surface area (Å²) in [4.78, 5) is 28.8. The number of halogens is 5. The minimum atomic E-state index is -4.65. The van der Waals surface area contributed by atoms with Crippen molar-refractivity contribution in [2.24, 2.45) is 0 Å². The van der Waals surface area contributed by atoms with Gasteiger partial charge < -0.3 is 10.3 Å². The standard InChI is InChI=1S/C14H10ClF4N3O2/c1-6(8-2-3-10(14(17,18)19)22-11(8)15)21-13(24)9-4-7(16)5-20-12(9)23/h2-6H,1H3,(H,20,23)(H,21,24). The average molecular weight is 364 g/mol. The molecule has 0 saturated heterocycles. The number of pyridine rings is 2. The second-order valence-electron chi connectivity index (χ2n) is 4.83. The van der Waals surface area contributed by atoms with Crippen molar-refractivity contribution in [1.29, 1.82) is 0 Å². The highest BCUT2D eigenvalue weighted by Gasteiger charge is 2.33. The molecule has 0 spiro atoms. The molecule has 1 atom stereocenters. The Labute approximate surface area is 137 Å². The molecule has 0 saturated carbocycles. The molecule has 1 amide bonds. The van der Waals surface area contributed by atoms with Gasteiger partial charge in [0, 0.05) is 11.8 Å². The third-order valence-electron chi connectivity index (χ3n) is 3.09. The van der Waals surface area contributed by atoms with Crippen LogP contribution in [0.25, 0.3) is 0 Å². The number of H-pyrrole nitrogens is 1. The summed E-state index contributed by atoms with van der Waals surface area (Å²) >= 11 is 5.73. The number of alkyl halides is 3. The number of carbonyl (C=O) groups excluding carboxylic acids is 1. The molecule has 0 aromatic carbocycles. The van der Waals surface area contributed by atoms with E-state index in [1.165, 1.54) is 6.92 Å². The smallest absolute Gasteiger partial charge is 0.345 e. The third-order valence-corrected chi connectivity index (χ3v) is 3.40. The molecule has 0 fully saturated rings. The molecule has 2 N–H and O–H groups in total. The van der Waals surface area contributed by atoms with E-state index in [1.807, 2.05) is 4.98 Å². The van der Waals surface area contributed by atoms with Crippen molar-refractivity contribution < 1.29 is 22.4 Å². The van der Waals surface area contributed by atoms with Crippen LogP contribution in [-0.4, -0.2) is 15.9 Å². The molecule has 2 aromatic rings. The van der Waals surface area contributed by atoms with Gasteiger partial charge in [0.15, 0.2) is 0 Å². The maximum Gasteiger partial charge on any atom is 0.433 e. The Kier molecular flexibility index (Phi) is 4.93. The first-order chi connectivity index (χ1) is 11.1. The van der Waals surface area contributed by atoms with Crippen LogP contribution in [-0.2, 0) is 6.18 Å². The minimum absolute atomic E-state index is 0.117. The number of hydrogen-bond donors (Lipinski definition) is 2. The highest BCUT2D eigenvalue weighted by Crippen LogP contribution is 2.31. The molecule has 0 bridgehead atoms. The Morgan fingerprint density at radius 2 is 2.04 bits per heavy atom. The van der Waals surface area contributed by atoms with E-state index >= 15 is 0 Å². The molecule has 2 rings (SSSR count). The molecular formula is C14H10ClF4N3O2. The number of aromatic amines is 1. The number of hydrogen-bond acceptors (Lipinski definition) is 3. The lowest BCUT2D eigenvalue weighted by Gasteiger charge is -2.16. The van der Waals surface area contributed by atoms with Crippen LogP contribution in [0.5, 0.6) is 0 Å². The van der Waals surface area contributed by atoms with Gasteiger partial charge in [0.2, 0.25) is 0 Å². The molecule has 0 aliphatic heterocycles. The Morgan fingerprint density at radius 1 is 1.38 bits per heavy atom. The highest BCUT2D eigenvalue weighted by molar-refractivity contribution is 6.30. The maximum absolute atomic E-state index is 13.1. The van der Waals surface area contributed by atoms with Crippen LogP contribution >= 0.6 is 11.6 Å². The fourth-order valence-electron chi connectivity index (χ4n) is 1.90. The van der Waals surface area contributed by atoms with Gasteiger partial charge in [-0.1, -0.05) is 17.7 Å². The van der Waals surface area contributed by atoms with Gasteiger partial charge in [-0.25, -0.2) is 9.37 Å². The molecule has 2 heterocycles. The van der Waals surface area contributed by atoms with Crippen LogP contribution < -0.4 is 10.9 Å². The molecule has 24 heavy (non-hydrogen) atoms. The second-order valence-corrected chi connectivity index (χ2v) is 5.19. The average Bonchev–Trinajstić information content (AvgIpc) is 2.48. The van der Waals surface area contributed by atoms with Crippen LogP contribution in [0, 0.1) is 5.82 Å². The molecule has 0 radical (unpaired) electrons. The fourth-order valence-corrected chi connectivity index (χ4v) is 2.22. The zero-order valence-electron chi connectivity index (χ0n) is 12.0. The number of nitrogens with zero attached hydrogens (tertiary/aromatic N) is 1. The van der Waals surface area contributed by atoms with E-state index in [0.717, 1.165) is 24.4 Å². The van der Waals surface area contributed by atoms with Gasteiger partial charge in [-0.2, -0.15) is 13.2 Å². The number of carbonyl (C=O) groups is 1. The first kappa shape index (κ1) is 17.9. The van der Waals surface area contributed by atoms with Gasteiger partial charge in [-0.15, -0.1) is 0 Å². The van der Waals surface area contributed by atoms with Crippen molar-refractivity contribution in [3.63, 3.8) is 0 Å². The second kappa shape index (κ2) is 6.60. The van der Waals surface area contributed by atoms with E-state index in [9.17, 15) is 27.2 Å². The van der Waals surface area contributed by atoms with E-state index in [2.05, 4.69) is 10.3 Å². The van der Waals surface area contributed by atoms with Crippen molar-refractivity contribution in [2.75, 3.05) is 0 Å². The Hall–Kier alpha value is -2.42. The summed E-state index contributed by atoms with van der Waals surface area (Å²) < 4.78 is 50.7. The SMILES string of the molecule is CC(NC(=O)c1cc(F)c[nH]c1=O)c1ccc(C(F)(F)F)nc1Cl. The number of rotatable bonds is 3. The molecule has 5 nitrogen and oxygen atoms in total. The normalized spacial score (nSPS) is 12.8. The third kappa shape index (κ3) is 3.91. The van der Waals surface area contributed by atoms with Crippen LogP contribution in [0.4, 0.5) is 17.6 Å². The largest absolute Gasteiger partial charge is 0.433 e. The van der Waals surface area contributed by atoms with Gasteiger partial charge in [0.05, 0.1) is 6.04 Å². The molecule has 10 heteroatoms. The number of amides is 1. The summed E-state index contributed by atoms with van der Waals surface area (Å²) in [6, 6.07) is 1.67. The van der Waals surface area contributed by atoms with Crippen molar-refractivity contribution in [3.05, 3.63) is 62.5 Å². The van der Waals surface area contributed by atoms with Gasteiger partial charge in [-0.3, -0.25) is 9.59 Å². The Balaban J connectivity index is 2.23. The van der Waals surface area contributed by atoms with Gasteiger partial charge in [0.1, 0.15) is 22.2 Å². The van der Waals surface area contributed by atoms with Gasteiger partial charge in [-0.05, 0) is 19.1 Å². The quantitative estimate of drug-likeness (QED) is 0.650. The zero-order valence-corrected chi connectivity index (χ0v) is 12.8. The Morgan fingerprint density at radius 3 is 2.62 bits per heavy atom. The van der Waals surface area contributed by atoms with Crippen molar-refractivity contribution >= 4 is 17.5 Å². The van der Waals surface area contributed by atoms with Crippen LogP contribution in [0.1, 0.15) is 34.6 Å². The lowest BCUT2D eigenvalue weighted by Crippen LogP contribution is -2.32. The first-order valence-electron chi connectivity index (χ1n) is 6.52. The minimum Gasteiger partial charge on any atom is -0.345 e.